The Morgan fingerprint density at radius 2 is 2.11 bits per heavy atom. The van der Waals surface area contributed by atoms with Crippen molar-refractivity contribution in [2.75, 3.05) is 13.1 Å². The van der Waals surface area contributed by atoms with Crippen LogP contribution >= 0.6 is 15.9 Å². The summed E-state index contributed by atoms with van der Waals surface area (Å²) in [6.45, 7) is 2.42. The van der Waals surface area contributed by atoms with Gasteiger partial charge in [0.2, 0.25) is 0 Å². The number of hydrogen-bond donors (Lipinski definition) is 1. The van der Waals surface area contributed by atoms with Gasteiger partial charge in [-0.2, -0.15) is 0 Å². The van der Waals surface area contributed by atoms with E-state index < -0.39 is 17.7 Å². The average Bonchev–Trinajstić information content (AvgIpc) is 2.74. The Labute approximate surface area is 118 Å². The molecular weight excluding hydrogens is 317 g/mol. The molecule has 1 aliphatic heterocycles. The molecule has 19 heavy (non-hydrogen) atoms. The third kappa shape index (κ3) is 2.78. The fourth-order valence-corrected chi connectivity index (χ4v) is 2.64. The van der Waals surface area contributed by atoms with Gasteiger partial charge < -0.3 is 10.0 Å². The minimum Gasteiger partial charge on any atom is -0.481 e. The number of benzene rings is 1. The molecule has 1 heterocycles. The molecule has 6 heteroatoms. The maximum atomic E-state index is 13.1. The van der Waals surface area contributed by atoms with E-state index in [2.05, 4.69) is 15.9 Å². The van der Waals surface area contributed by atoms with E-state index in [1.165, 1.54) is 23.1 Å². The molecule has 0 bridgehead atoms. The largest absolute Gasteiger partial charge is 0.481 e. The zero-order chi connectivity index (χ0) is 14.2. The van der Waals surface area contributed by atoms with Gasteiger partial charge in [-0.3, -0.25) is 9.59 Å². The van der Waals surface area contributed by atoms with Crippen molar-refractivity contribution in [3.8, 4) is 0 Å². The summed E-state index contributed by atoms with van der Waals surface area (Å²) < 4.78 is 13.3. The molecular formula is C13H13BrFNO3. The minimum atomic E-state index is -0.886. The number of nitrogens with zero attached hydrogens (tertiary/aromatic N) is 1. The average molecular weight is 330 g/mol. The van der Waals surface area contributed by atoms with E-state index in [0.29, 0.717) is 12.1 Å². The van der Waals surface area contributed by atoms with Crippen molar-refractivity contribution < 1.29 is 19.1 Å². The van der Waals surface area contributed by atoms with E-state index in [1.54, 1.807) is 0 Å². The number of aliphatic carboxylic acids is 1. The first kappa shape index (κ1) is 14.0. The molecule has 1 saturated heterocycles. The molecule has 102 valence electrons. The fourth-order valence-electron chi connectivity index (χ4n) is 2.27. The van der Waals surface area contributed by atoms with Gasteiger partial charge in [-0.05, 0) is 40.0 Å². The van der Waals surface area contributed by atoms with Gasteiger partial charge in [0.15, 0.2) is 0 Å². The van der Waals surface area contributed by atoms with Gasteiger partial charge in [-0.15, -0.1) is 0 Å². The minimum absolute atomic E-state index is 0.0784. The lowest BCUT2D eigenvalue weighted by atomic mass is 9.99. The first-order valence-corrected chi connectivity index (χ1v) is 6.66. The molecule has 2 rings (SSSR count). The highest BCUT2D eigenvalue weighted by molar-refractivity contribution is 9.10. The monoisotopic (exact) mass is 329 g/mol. The smallest absolute Gasteiger partial charge is 0.308 e. The van der Waals surface area contributed by atoms with Crippen LogP contribution in [0.3, 0.4) is 0 Å². The molecule has 1 aromatic carbocycles. The van der Waals surface area contributed by atoms with Gasteiger partial charge in [0, 0.05) is 18.7 Å². The Morgan fingerprint density at radius 1 is 1.42 bits per heavy atom. The molecule has 0 saturated carbocycles. The van der Waals surface area contributed by atoms with Crippen LogP contribution in [0, 0.1) is 17.7 Å². The van der Waals surface area contributed by atoms with Crippen molar-refractivity contribution in [3.05, 3.63) is 34.1 Å². The number of amides is 1. The van der Waals surface area contributed by atoms with E-state index in [-0.39, 0.29) is 22.8 Å². The molecule has 1 aliphatic rings. The molecule has 0 aromatic heterocycles. The molecule has 2 unspecified atom stereocenters. The second kappa shape index (κ2) is 5.28. The topological polar surface area (TPSA) is 57.6 Å². The number of carboxylic acids is 1. The summed E-state index contributed by atoms with van der Waals surface area (Å²) in [6.07, 6.45) is 0. The van der Waals surface area contributed by atoms with Crippen LogP contribution in [0.2, 0.25) is 0 Å². The highest BCUT2D eigenvalue weighted by Crippen LogP contribution is 2.25. The summed E-state index contributed by atoms with van der Waals surface area (Å²) in [5.41, 5.74) is 0.353. The predicted octanol–water partition coefficient (Wildman–Crippen LogP) is 2.38. The number of rotatable bonds is 2. The molecule has 2 atom stereocenters. The summed E-state index contributed by atoms with van der Waals surface area (Å²) in [5.74, 6) is -2.20. The van der Waals surface area contributed by atoms with Crippen molar-refractivity contribution in [2.45, 2.75) is 6.92 Å². The summed E-state index contributed by atoms with van der Waals surface area (Å²) in [4.78, 5) is 24.7. The lowest BCUT2D eigenvalue weighted by Gasteiger charge is -2.16. The van der Waals surface area contributed by atoms with Crippen molar-refractivity contribution in [1.82, 2.24) is 4.90 Å². The summed E-state index contributed by atoms with van der Waals surface area (Å²) in [6, 6.07) is 4.03. The van der Waals surface area contributed by atoms with Gasteiger partial charge in [-0.25, -0.2) is 4.39 Å². The second-order valence-corrected chi connectivity index (χ2v) is 5.62. The van der Waals surface area contributed by atoms with E-state index >= 15 is 0 Å². The molecule has 4 nitrogen and oxygen atoms in total. The normalized spacial score (nSPS) is 22.6. The Bertz CT molecular complexity index is 535. The predicted molar refractivity (Wildman–Crippen MR) is 70.3 cm³/mol. The lowest BCUT2D eigenvalue weighted by Crippen LogP contribution is -2.29. The number of carbonyl (C=O) groups is 2. The maximum absolute atomic E-state index is 13.1. The van der Waals surface area contributed by atoms with E-state index in [9.17, 15) is 14.0 Å². The Balaban J connectivity index is 2.17. The zero-order valence-electron chi connectivity index (χ0n) is 10.3. The van der Waals surface area contributed by atoms with Crippen molar-refractivity contribution in [2.24, 2.45) is 11.8 Å². The van der Waals surface area contributed by atoms with Crippen LogP contribution < -0.4 is 0 Å². The molecule has 1 amide bonds. The fraction of sp³-hybridized carbons (Fsp3) is 0.385. The highest BCUT2D eigenvalue weighted by Gasteiger charge is 2.37. The Hall–Kier alpha value is -1.43. The first-order valence-electron chi connectivity index (χ1n) is 5.87. The molecule has 0 radical (unpaired) electrons. The summed E-state index contributed by atoms with van der Waals surface area (Å²) in [5, 5.41) is 9.04. The van der Waals surface area contributed by atoms with E-state index in [1.807, 2.05) is 6.92 Å². The molecule has 1 aromatic rings. The number of carbonyl (C=O) groups excluding carboxylic acids is 1. The third-order valence-electron chi connectivity index (χ3n) is 3.38. The Morgan fingerprint density at radius 3 is 2.63 bits per heavy atom. The van der Waals surface area contributed by atoms with Crippen LogP contribution in [0.5, 0.6) is 0 Å². The van der Waals surface area contributed by atoms with Gasteiger partial charge in [0.1, 0.15) is 5.82 Å². The van der Waals surface area contributed by atoms with Gasteiger partial charge in [-0.1, -0.05) is 6.92 Å². The third-order valence-corrected chi connectivity index (χ3v) is 3.99. The van der Waals surface area contributed by atoms with Crippen LogP contribution in [0.15, 0.2) is 22.7 Å². The molecule has 1 fully saturated rings. The van der Waals surface area contributed by atoms with Gasteiger partial charge >= 0.3 is 5.97 Å². The summed E-state index contributed by atoms with van der Waals surface area (Å²) >= 11 is 3.03. The van der Waals surface area contributed by atoms with Crippen LogP contribution in [0.4, 0.5) is 4.39 Å². The zero-order valence-corrected chi connectivity index (χ0v) is 11.9. The van der Waals surface area contributed by atoms with Crippen molar-refractivity contribution in [3.63, 3.8) is 0 Å². The lowest BCUT2D eigenvalue weighted by molar-refractivity contribution is -0.142. The van der Waals surface area contributed by atoms with Crippen molar-refractivity contribution in [1.29, 1.82) is 0 Å². The quantitative estimate of drug-likeness (QED) is 0.906. The number of carboxylic acid groups (broad SMARTS) is 1. The highest BCUT2D eigenvalue weighted by atomic mass is 79.9. The van der Waals surface area contributed by atoms with E-state index in [0.717, 1.165) is 0 Å². The molecule has 0 aliphatic carbocycles. The molecule has 1 N–H and O–H groups in total. The summed E-state index contributed by atoms with van der Waals surface area (Å²) in [7, 11) is 0. The van der Waals surface area contributed by atoms with Gasteiger partial charge in [0.25, 0.3) is 5.91 Å². The Kier molecular flexibility index (Phi) is 3.89. The number of hydrogen-bond acceptors (Lipinski definition) is 2. The molecule has 0 spiro atoms. The van der Waals surface area contributed by atoms with Gasteiger partial charge in [0.05, 0.1) is 10.4 Å². The number of likely N-dealkylation sites (tertiary alicyclic amines) is 1. The number of halogens is 2. The maximum Gasteiger partial charge on any atom is 0.308 e. The van der Waals surface area contributed by atoms with E-state index in [4.69, 9.17) is 5.11 Å². The van der Waals surface area contributed by atoms with Crippen LogP contribution in [-0.2, 0) is 4.79 Å². The standard InChI is InChI=1S/C13H13BrFNO3/c1-7-5-16(6-9(7)13(18)19)12(17)8-2-3-11(15)10(14)4-8/h2-4,7,9H,5-6H2,1H3,(H,18,19). The van der Waals surface area contributed by atoms with Crippen LogP contribution in [0.1, 0.15) is 17.3 Å². The SMILES string of the molecule is CC1CN(C(=O)c2ccc(F)c(Br)c2)CC1C(=O)O. The first-order chi connectivity index (χ1) is 8.90. The second-order valence-electron chi connectivity index (χ2n) is 4.76. The van der Waals surface area contributed by atoms with Crippen molar-refractivity contribution >= 4 is 27.8 Å². The van der Waals surface area contributed by atoms with Crippen LogP contribution in [-0.4, -0.2) is 35.0 Å². The van der Waals surface area contributed by atoms with Crippen LogP contribution in [0.25, 0.3) is 0 Å².